The van der Waals surface area contributed by atoms with Crippen LogP contribution in [0.25, 0.3) is 0 Å². The Kier molecular flexibility index (Phi) is 4.87. The summed E-state index contributed by atoms with van der Waals surface area (Å²) < 4.78 is 35.3. The van der Waals surface area contributed by atoms with Crippen LogP contribution in [0.15, 0.2) is 75.3 Å². The van der Waals surface area contributed by atoms with Crippen molar-refractivity contribution >= 4 is 15.7 Å². The monoisotopic (exact) mass is 387 g/mol. The van der Waals surface area contributed by atoms with Crippen molar-refractivity contribution in [2.45, 2.75) is 4.90 Å². The molecular formula is C18H17N3O5S. The van der Waals surface area contributed by atoms with E-state index in [4.69, 9.17) is 4.74 Å². The Balaban J connectivity index is 2.01. The lowest BCUT2D eigenvalue weighted by Gasteiger charge is -2.14. The molecule has 0 fully saturated rings. The highest BCUT2D eigenvalue weighted by Crippen LogP contribution is 2.30. The Bertz CT molecular complexity index is 1200. The second kappa shape index (κ2) is 7.12. The highest BCUT2D eigenvalue weighted by atomic mass is 32.2. The third-order valence-electron chi connectivity index (χ3n) is 3.81. The fourth-order valence-electron chi connectivity index (χ4n) is 2.41. The summed E-state index contributed by atoms with van der Waals surface area (Å²) in [6, 6.07) is 15.3. The van der Waals surface area contributed by atoms with E-state index in [-0.39, 0.29) is 11.4 Å². The summed E-state index contributed by atoms with van der Waals surface area (Å²) in [5.41, 5.74) is -1.36. The van der Waals surface area contributed by atoms with Gasteiger partial charge in [0.2, 0.25) is 0 Å². The van der Waals surface area contributed by atoms with Crippen LogP contribution in [0, 0.1) is 0 Å². The minimum Gasteiger partial charge on any atom is -0.455 e. The van der Waals surface area contributed by atoms with Gasteiger partial charge in [0.05, 0.1) is 5.69 Å². The molecule has 0 saturated heterocycles. The van der Waals surface area contributed by atoms with Crippen molar-refractivity contribution in [2.24, 2.45) is 14.1 Å². The minimum atomic E-state index is -4.24. The second-order valence-electron chi connectivity index (χ2n) is 5.77. The van der Waals surface area contributed by atoms with E-state index in [9.17, 15) is 18.0 Å². The molecule has 0 atom stereocenters. The second-order valence-corrected chi connectivity index (χ2v) is 7.42. The number of nitrogens with one attached hydrogen (secondary N) is 1. The number of rotatable bonds is 5. The van der Waals surface area contributed by atoms with Crippen molar-refractivity contribution in [3.8, 4) is 11.5 Å². The Hall–Kier alpha value is -3.33. The van der Waals surface area contributed by atoms with E-state index in [2.05, 4.69) is 4.72 Å². The molecule has 0 aliphatic heterocycles. The van der Waals surface area contributed by atoms with Crippen LogP contribution in [0.2, 0.25) is 0 Å². The van der Waals surface area contributed by atoms with Gasteiger partial charge in [-0.15, -0.1) is 0 Å². The third-order valence-corrected chi connectivity index (χ3v) is 5.15. The van der Waals surface area contributed by atoms with Crippen molar-refractivity contribution in [1.82, 2.24) is 9.13 Å². The zero-order valence-electron chi connectivity index (χ0n) is 14.6. The zero-order chi connectivity index (χ0) is 19.6. The summed E-state index contributed by atoms with van der Waals surface area (Å²) in [5.74, 6) is 0.802. The number of ether oxygens (including phenoxy) is 1. The van der Waals surface area contributed by atoms with Gasteiger partial charge < -0.3 is 9.30 Å². The first-order chi connectivity index (χ1) is 12.8. The Morgan fingerprint density at radius 1 is 0.926 bits per heavy atom. The maximum absolute atomic E-state index is 12.7. The molecule has 0 aliphatic rings. The number of sulfonamides is 1. The van der Waals surface area contributed by atoms with E-state index in [0.29, 0.717) is 5.75 Å². The highest BCUT2D eigenvalue weighted by Gasteiger charge is 2.23. The summed E-state index contributed by atoms with van der Waals surface area (Å²) in [4.78, 5) is 23.5. The molecule has 8 nitrogen and oxygen atoms in total. The number of benzene rings is 2. The van der Waals surface area contributed by atoms with E-state index >= 15 is 0 Å². The molecule has 1 N–H and O–H groups in total. The summed E-state index contributed by atoms with van der Waals surface area (Å²) in [5, 5.41) is 0. The fourth-order valence-corrected chi connectivity index (χ4v) is 3.65. The van der Waals surface area contributed by atoms with E-state index in [1.165, 1.54) is 20.2 Å². The quantitative estimate of drug-likeness (QED) is 0.718. The third kappa shape index (κ3) is 3.77. The summed E-state index contributed by atoms with van der Waals surface area (Å²) >= 11 is 0. The molecule has 9 heteroatoms. The van der Waals surface area contributed by atoms with Gasteiger partial charge in [-0.25, -0.2) is 13.2 Å². The van der Waals surface area contributed by atoms with Gasteiger partial charge in [0.25, 0.3) is 15.6 Å². The van der Waals surface area contributed by atoms with Crippen LogP contribution in [0.3, 0.4) is 0 Å². The Morgan fingerprint density at radius 2 is 1.56 bits per heavy atom. The predicted molar refractivity (Wildman–Crippen MR) is 101 cm³/mol. The molecule has 0 spiro atoms. The first-order valence-electron chi connectivity index (χ1n) is 7.91. The maximum atomic E-state index is 12.7. The molecule has 3 rings (SSSR count). The number of hydrogen-bond acceptors (Lipinski definition) is 5. The van der Waals surface area contributed by atoms with Gasteiger partial charge in [0, 0.05) is 20.3 Å². The van der Waals surface area contributed by atoms with Crippen LogP contribution >= 0.6 is 0 Å². The van der Waals surface area contributed by atoms with Crippen molar-refractivity contribution < 1.29 is 13.2 Å². The molecule has 2 aromatic carbocycles. The first kappa shape index (κ1) is 18.5. The lowest BCUT2D eigenvalue weighted by Crippen LogP contribution is -2.40. The van der Waals surface area contributed by atoms with E-state index < -0.39 is 26.2 Å². The predicted octanol–water partition coefficient (Wildman–Crippen LogP) is 1.68. The summed E-state index contributed by atoms with van der Waals surface area (Å²) in [6.45, 7) is 0. The van der Waals surface area contributed by atoms with Crippen molar-refractivity contribution in [3.63, 3.8) is 0 Å². The normalized spacial score (nSPS) is 11.2. The smallest absolute Gasteiger partial charge is 0.330 e. The van der Waals surface area contributed by atoms with Crippen molar-refractivity contribution in [2.75, 3.05) is 4.72 Å². The average Bonchev–Trinajstić information content (AvgIpc) is 2.65. The van der Waals surface area contributed by atoms with Crippen LogP contribution in [-0.4, -0.2) is 17.6 Å². The molecule has 0 radical (unpaired) electrons. The van der Waals surface area contributed by atoms with Crippen LogP contribution < -0.4 is 20.7 Å². The van der Waals surface area contributed by atoms with Crippen LogP contribution in [0.4, 0.5) is 5.69 Å². The van der Waals surface area contributed by atoms with Gasteiger partial charge in [-0.2, -0.15) is 0 Å². The fraction of sp³-hybridized carbons (Fsp3) is 0.111. The number of nitrogens with zero attached hydrogens (tertiary/aromatic N) is 2. The molecule has 0 bridgehead atoms. The average molecular weight is 387 g/mol. The molecule has 0 aliphatic carbocycles. The number of para-hydroxylation sites is 3. The molecule has 0 unspecified atom stereocenters. The Labute approximate surface area is 155 Å². The van der Waals surface area contributed by atoms with E-state index in [0.717, 1.165) is 15.3 Å². The highest BCUT2D eigenvalue weighted by molar-refractivity contribution is 7.92. The van der Waals surface area contributed by atoms with Crippen LogP contribution in [0.5, 0.6) is 11.5 Å². The SMILES string of the molecule is Cn1cc(S(=O)(=O)Nc2ccccc2Oc2ccccc2)c(=O)n(C)c1=O. The zero-order valence-corrected chi connectivity index (χ0v) is 15.4. The largest absolute Gasteiger partial charge is 0.455 e. The lowest BCUT2D eigenvalue weighted by atomic mass is 10.3. The van der Waals surface area contributed by atoms with Gasteiger partial charge in [0.1, 0.15) is 5.75 Å². The first-order valence-corrected chi connectivity index (χ1v) is 9.39. The van der Waals surface area contributed by atoms with Gasteiger partial charge >= 0.3 is 5.69 Å². The number of aryl methyl sites for hydroxylation is 1. The summed E-state index contributed by atoms with van der Waals surface area (Å²) in [6.07, 6.45) is 0.994. The number of anilines is 1. The molecule has 1 heterocycles. The standard InChI is InChI=1S/C18H17N3O5S/c1-20-12-16(17(22)21(2)18(20)23)27(24,25)19-14-10-6-7-11-15(14)26-13-8-4-3-5-9-13/h3-12,19H,1-2H3. The van der Waals surface area contributed by atoms with Crippen molar-refractivity contribution in [1.29, 1.82) is 0 Å². The molecule has 3 aromatic rings. The number of aromatic nitrogens is 2. The van der Waals surface area contributed by atoms with Crippen LogP contribution in [-0.2, 0) is 24.1 Å². The molecule has 27 heavy (non-hydrogen) atoms. The van der Waals surface area contributed by atoms with Crippen LogP contribution in [0.1, 0.15) is 0 Å². The lowest BCUT2D eigenvalue weighted by molar-refractivity contribution is 0.485. The molecule has 0 saturated carbocycles. The van der Waals surface area contributed by atoms with Crippen molar-refractivity contribution in [3.05, 3.63) is 81.6 Å². The van der Waals surface area contributed by atoms with Gasteiger partial charge in [-0.3, -0.25) is 14.1 Å². The molecular weight excluding hydrogens is 370 g/mol. The maximum Gasteiger partial charge on any atom is 0.330 e. The number of hydrogen-bond donors (Lipinski definition) is 1. The Morgan fingerprint density at radius 3 is 2.26 bits per heavy atom. The van der Waals surface area contributed by atoms with Gasteiger partial charge in [-0.1, -0.05) is 30.3 Å². The van der Waals surface area contributed by atoms with E-state index in [1.807, 2.05) is 6.07 Å². The van der Waals surface area contributed by atoms with Gasteiger partial charge in [0.15, 0.2) is 10.6 Å². The molecule has 1 aromatic heterocycles. The summed E-state index contributed by atoms with van der Waals surface area (Å²) in [7, 11) is -1.66. The molecule has 140 valence electrons. The van der Waals surface area contributed by atoms with Gasteiger partial charge in [-0.05, 0) is 24.3 Å². The van der Waals surface area contributed by atoms with E-state index in [1.54, 1.807) is 42.5 Å². The minimum absolute atomic E-state index is 0.164. The topological polar surface area (TPSA) is 99.4 Å². The molecule has 0 amide bonds.